The van der Waals surface area contributed by atoms with Crippen LogP contribution in [-0.2, 0) is 6.54 Å². The fraction of sp³-hybridized carbons (Fsp3) is 0.500. The van der Waals surface area contributed by atoms with Gasteiger partial charge >= 0.3 is 5.97 Å². The Labute approximate surface area is 117 Å². The van der Waals surface area contributed by atoms with Crippen LogP contribution in [0.3, 0.4) is 0 Å². The molecule has 0 radical (unpaired) electrons. The average Bonchev–Trinajstić information content (AvgIpc) is 2.84. The molecule has 106 valence electrons. The number of carboxylic acid groups (broad SMARTS) is 1. The third-order valence-electron chi connectivity index (χ3n) is 4.03. The lowest BCUT2D eigenvalue weighted by Crippen LogP contribution is -2.32. The third kappa shape index (κ3) is 2.51. The summed E-state index contributed by atoms with van der Waals surface area (Å²) in [4.78, 5) is 13.4. The standard InChI is InChI=1S/C14H18N4O2/c1-17-6-4-10(5-7-17)9-18-13-8-11(14(19)20)2-3-12(13)15-16-18/h2-3,8,10H,4-7,9H2,1H3,(H,19,20). The molecule has 0 bridgehead atoms. The minimum absolute atomic E-state index is 0.282. The number of likely N-dealkylation sites (tertiary alicyclic amines) is 1. The van der Waals surface area contributed by atoms with Crippen molar-refractivity contribution in [1.29, 1.82) is 0 Å². The zero-order chi connectivity index (χ0) is 14.1. The second-order valence-corrected chi connectivity index (χ2v) is 5.53. The maximum Gasteiger partial charge on any atom is 0.335 e. The van der Waals surface area contributed by atoms with Crippen LogP contribution in [-0.4, -0.2) is 51.1 Å². The van der Waals surface area contributed by atoms with Gasteiger partial charge < -0.3 is 10.0 Å². The Hall–Kier alpha value is -1.95. The molecule has 1 aromatic heterocycles. The van der Waals surface area contributed by atoms with E-state index in [1.54, 1.807) is 18.2 Å². The molecule has 6 nitrogen and oxygen atoms in total. The van der Waals surface area contributed by atoms with Gasteiger partial charge in [-0.25, -0.2) is 9.48 Å². The Balaban J connectivity index is 1.84. The number of aromatic nitrogens is 3. The van der Waals surface area contributed by atoms with E-state index in [0.717, 1.165) is 43.5 Å². The van der Waals surface area contributed by atoms with Gasteiger partial charge in [-0.3, -0.25) is 0 Å². The van der Waals surface area contributed by atoms with E-state index in [1.807, 2.05) is 4.68 Å². The maximum atomic E-state index is 11.0. The smallest absolute Gasteiger partial charge is 0.335 e. The number of carboxylic acids is 1. The molecule has 0 saturated carbocycles. The van der Waals surface area contributed by atoms with Gasteiger partial charge in [0.15, 0.2) is 0 Å². The number of carbonyl (C=O) groups is 1. The van der Waals surface area contributed by atoms with Crippen LogP contribution in [0.15, 0.2) is 18.2 Å². The van der Waals surface area contributed by atoms with Crippen LogP contribution in [0, 0.1) is 5.92 Å². The molecule has 1 aromatic carbocycles. The normalized spacial score (nSPS) is 17.6. The fourth-order valence-electron chi connectivity index (χ4n) is 2.72. The van der Waals surface area contributed by atoms with E-state index in [1.165, 1.54) is 0 Å². The minimum Gasteiger partial charge on any atom is -0.478 e. The van der Waals surface area contributed by atoms with Crippen molar-refractivity contribution in [2.45, 2.75) is 19.4 Å². The van der Waals surface area contributed by atoms with Crippen LogP contribution < -0.4 is 0 Å². The predicted molar refractivity (Wildman–Crippen MR) is 74.7 cm³/mol. The zero-order valence-corrected chi connectivity index (χ0v) is 11.5. The van der Waals surface area contributed by atoms with Gasteiger partial charge in [-0.05, 0) is 57.1 Å². The lowest BCUT2D eigenvalue weighted by Gasteiger charge is -2.28. The van der Waals surface area contributed by atoms with E-state index in [0.29, 0.717) is 5.92 Å². The maximum absolute atomic E-state index is 11.0. The molecular formula is C14H18N4O2. The van der Waals surface area contributed by atoms with Crippen LogP contribution in [0.4, 0.5) is 0 Å². The number of piperidine rings is 1. The number of hydrogen-bond acceptors (Lipinski definition) is 4. The molecule has 1 aliphatic heterocycles. The highest BCUT2D eigenvalue weighted by Gasteiger charge is 2.19. The summed E-state index contributed by atoms with van der Waals surface area (Å²) in [5.74, 6) is -0.330. The van der Waals surface area contributed by atoms with Crippen molar-refractivity contribution in [3.05, 3.63) is 23.8 Å². The first kappa shape index (κ1) is 13.1. The molecule has 3 rings (SSSR count). The van der Waals surface area contributed by atoms with Gasteiger partial charge in [0.25, 0.3) is 0 Å². The van der Waals surface area contributed by atoms with E-state index in [9.17, 15) is 4.79 Å². The number of fused-ring (bicyclic) bond motifs is 1. The van der Waals surface area contributed by atoms with Gasteiger partial charge in [-0.1, -0.05) is 5.21 Å². The Bertz CT molecular complexity index is 629. The molecule has 2 aromatic rings. The Morgan fingerprint density at radius 1 is 1.40 bits per heavy atom. The molecule has 0 amide bonds. The van der Waals surface area contributed by atoms with Gasteiger partial charge in [0.1, 0.15) is 5.52 Å². The molecule has 1 fully saturated rings. The molecule has 6 heteroatoms. The van der Waals surface area contributed by atoms with Crippen LogP contribution in [0.2, 0.25) is 0 Å². The molecule has 1 aliphatic rings. The molecular weight excluding hydrogens is 256 g/mol. The lowest BCUT2D eigenvalue weighted by atomic mass is 9.97. The molecule has 0 aliphatic carbocycles. The summed E-state index contributed by atoms with van der Waals surface area (Å²) < 4.78 is 1.84. The summed E-state index contributed by atoms with van der Waals surface area (Å²) in [5, 5.41) is 17.3. The Kier molecular flexibility index (Phi) is 3.40. The summed E-state index contributed by atoms with van der Waals surface area (Å²) >= 11 is 0. The molecule has 2 heterocycles. The van der Waals surface area contributed by atoms with Crippen molar-refractivity contribution in [2.75, 3.05) is 20.1 Å². The zero-order valence-electron chi connectivity index (χ0n) is 11.5. The van der Waals surface area contributed by atoms with Crippen molar-refractivity contribution in [2.24, 2.45) is 5.92 Å². The number of nitrogens with zero attached hydrogens (tertiary/aromatic N) is 4. The van der Waals surface area contributed by atoms with Crippen LogP contribution in [0.25, 0.3) is 11.0 Å². The average molecular weight is 274 g/mol. The first-order valence-corrected chi connectivity index (χ1v) is 6.88. The molecule has 0 spiro atoms. The summed E-state index contributed by atoms with van der Waals surface area (Å²) in [7, 11) is 2.14. The van der Waals surface area contributed by atoms with Crippen molar-refractivity contribution in [1.82, 2.24) is 19.9 Å². The second kappa shape index (κ2) is 5.20. The Morgan fingerprint density at radius 2 is 2.15 bits per heavy atom. The highest BCUT2D eigenvalue weighted by Crippen LogP contribution is 2.20. The fourth-order valence-corrected chi connectivity index (χ4v) is 2.72. The van der Waals surface area contributed by atoms with E-state index >= 15 is 0 Å². The second-order valence-electron chi connectivity index (χ2n) is 5.53. The van der Waals surface area contributed by atoms with E-state index in [4.69, 9.17) is 5.11 Å². The predicted octanol–water partition coefficient (Wildman–Crippen LogP) is 1.47. The molecule has 1 saturated heterocycles. The molecule has 0 atom stereocenters. The molecule has 0 unspecified atom stereocenters. The summed E-state index contributed by atoms with van der Waals surface area (Å²) in [5.41, 5.74) is 1.84. The van der Waals surface area contributed by atoms with E-state index < -0.39 is 5.97 Å². The van der Waals surface area contributed by atoms with Gasteiger partial charge in [0, 0.05) is 6.54 Å². The van der Waals surface area contributed by atoms with Crippen molar-refractivity contribution in [3.8, 4) is 0 Å². The highest BCUT2D eigenvalue weighted by atomic mass is 16.4. The lowest BCUT2D eigenvalue weighted by molar-refractivity contribution is 0.0697. The molecule has 20 heavy (non-hydrogen) atoms. The summed E-state index contributed by atoms with van der Waals surface area (Å²) in [6.07, 6.45) is 2.30. The quantitative estimate of drug-likeness (QED) is 0.917. The minimum atomic E-state index is -0.918. The highest BCUT2D eigenvalue weighted by molar-refractivity contribution is 5.92. The van der Waals surface area contributed by atoms with Crippen LogP contribution >= 0.6 is 0 Å². The number of aromatic carboxylic acids is 1. The number of benzene rings is 1. The van der Waals surface area contributed by atoms with Crippen molar-refractivity contribution in [3.63, 3.8) is 0 Å². The summed E-state index contributed by atoms with van der Waals surface area (Å²) in [6.45, 7) is 3.03. The molecule has 1 N–H and O–H groups in total. The Morgan fingerprint density at radius 3 is 2.85 bits per heavy atom. The van der Waals surface area contributed by atoms with Crippen LogP contribution in [0.5, 0.6) is 0 Å². The van der Waals surface area contributed by atoms with Gasteiger partial charge in [0.2, 0.25) is 0 Å². The third-order valence-corrected chi connectivity index (χ3v) is 4.03. The topological polar surface area (TPSA) is 71.2 Å². The largest absolute Gasteiger partial charge is 0.478 e. The summed E-state index contributed by atoms with van der Waals surface area (Å²) in [6, 6.07) is 4.95. The first-order chi connectivity index (χ1) is 9.63. The monoisotopic (exact) mass is 274 g/mol. The number of hydrogen-bond donors (Lipinski definition) is 1. The SMILES string of the molecule is CN1CCC(Cn2nnc3ccc(C(=O)O)cc32)CC1. The van der Waals surface area contributed by atoms with Crippen molar-refractivity contribution < 1.29 is 9.90 Å². The van der Waals surface area contributed by atoms with Gasteiger partial charge in [0.05, 0.1) is 11.1 Å². The van der Waals surface area contributed by atoms with Crippen LogP contribution in [0.1, 0.15) is 23.2 Å². The first-order valence-electron chi connectivity index (χ1n) is 6.88. The van der Waals surface area contributed by atoms with Gasteiger partial charge in [-0.15, -0.1) is 5.10 Å². The number of rotatable bonds is 3. The van der Waals surface area contributed by atoms with E-state index in [2.05, 4.69) is 22.3 Å². The van der Waals surface area contributed by atoms with Crippen molar-refractivity contribution >= 4 is 17.0 Å². The van der Waals surface area contributed by atoms with E-state index in [-0.39, 0.29) is 5.56 Å². The van der Waals surface area contributed by atoms with Gasteiger partial charge in [-0.2, -0.15) is 0 Å².